The molecule has 0 aliphatic rings. The molecule has 0 saturated heterocycles. The first-order valence-electron chi connectivity index (χ1n) is 4.82. The van der Waals surface area contributed by atoms with Gasteiger partial charge in [-0.2, -0.15) is 0 Å². The van der Waals surface area contributed by atoms with Gasteiger partial charge in [0.1, 0.15) is 5.54 Å². The molecule has 6 heteroatoms. The van der Waals surface area contributed by atoms with Gasteiger partial charge in [0.05, 0.1) is 6.10 Å². The molecule has 1 amide bonds. The predicted molar refractivity (Wildman–Crippen MR) is 56.9 cm³/mol. The van der Waals surface area contributed by atoms with Gasteiger partial charge in [0.25, 0.3) is 0 Å². The Balaban J connectivity index is 4.51. The fourth-order valence-electron chi connectivity index (χ4n) is 0.913. The Morgan fingerprint density at radius 3 is 2.53 bits per heavy atom. The smallest absolute Gasteiger partial charge is 0.408 e. The molecule has 0 fully saturated rings. The summed E-state index contributed by atoms with van der Waals surface area (Å²) in [5.74, 6) is -0.0503. The largest absolute Gasteiger partial charge is 0.447 e. The van der Waals surface area contributed by atoms with Crippen LogP contribution in [0.25, 0.3) is 0 Å². The fourth-order valence-corrected chi connectivity index (χ4v) is 0.913. The summed E-state index contributed by atoms with van der Waals surface area (Å²) in [5, 5.41) is 14.0. The third-order valence-electron chi connectivity index (χ3n) is 2.10. The Morgan fingerprint density at radius 1 is 1.67 bits per heavy atom. The van der Waals surface area contributed by atoms with Crippen molar-refractivity contribution in [3.63, 3.8) is 0 Å². The molecule has 1 atom stereocenters. The van der Waals surface area contributed by atoms with Crippen LogP contribution in [0, 0.1) is 0 Å². The zero-order valence-corrected chi connectivity index (χ0v) is 9.57. The van der Waals surface area contributed by atoms with Crippen LogP contribution >= 0.6 is 0 Å². The lowest BCUT2D eigenvalue weighted by Gasteiger charge is -2.27. The maximum atomic E-state index is 11.3. The van der Waals surface area contributed by atoms with E-state index in [1.165, 1.54) is 0 Å². The summed E-state index contributed by atoms with van der Waals surface area (Å²) in [6, 6.07) is 0. The van der Waals surface area contributed by atoms with Crippen LogP contribution in [0.2, 0.25) is 0 Å². The maximum absolute atomic E-state index is 11.3. The highest BCUT2D eigenvalue weighted by atomic mass is 16.6. The van der Waals surface area contributed by atoms with Gasteiger partial charge in [-0.3, -0.25) is 0 Å². The second kappa shape index (κ2) is 5.43. The molecule has 0 rings (SSSR count). The summed E-state index contributed by atoms with van der Waals surface area (Å²) in [6.07, 6.45) is -0.296. The zero-order chi connectivity index (χ0) is 12.1. The van der Waals surface area contributed by atoms with Gasteiger partial charge in [-0.15, -0.1) is 0 Å². The highest BCUT2D eigenvalue weighted by Crippen LogP contribution is 2.09. The SMILES string of the molecule is CCC(C)(NC(=O)OC(C)C)C(N)=NO. The Hall–Kier alpha value is -1.46. The highest BCUT2D eigenvalue weighted by Gasteiger charge is 2.30. The van der Waals surface area contributed by atoms with Crippen molar-refractivity contribution < 1.29 is 14.7 Å². The van der Waals surface area contributed by atoms with E-state index >= 15 is 0 Å². The molecule has 15 heavy (non-hydrogen) atoms. The molecule has 0 aromatic rings. The van der Waals surface area contributed by atoms with E-state index in [0.29, 0.717) is 6.42 Å². The molecule has 0 aliphatic heterocycles. The Labute approximate surface area is 89.5 Å². The standard InChI is InChI=1S/C9H19N3O3/c1-5-9(4,7(10)12-14)11-8(13)15-6(2)3/h6,14H,5H2,1-4H3,(H2,10,12)(H,11,13). The molecule has 88 valence electrons. The zero-order valence-electron chi connectivity index (χ0n) is 9.57. The first-order valence-corrected chi connectivity index (χ1v) is 4.82. The lowest BCUT2D eigenvalue weighted by Crippen LogP contribution is -2.55. The lowest BCUT2D eigenvalue weighted by molar-refractivity contribution is 0.109. The molecule has 0 aliphatic carbocycles. The van der Waals surface area contributed by atoms with E-state index in [4.69, 9.17) is 15.7 Å². The summed E-state index contributed by atoms with van der Waals surface area (Å²) in [6.45, 7) is 6.95. The van der Waals surface area contributed by atoms with Gasteiger partial charge in [0.2, 0.25) is 0 Å². The predicted octanol–water partition coefficient (Wildman–Crippen LogP) is 1.04. The van der Waals surface area contributed by atoms with E-state index in [1.54, 1.807) is 20.8 Å². The Kier molecular flexibility index (Phi) is 4.90. The number of amidine groups is 1. The number of nitrogens with two attached hydrogens (primary N) is 1. The van der Waals surface area contributed by atoms with Crippen molar-refractivity contribution in [1.29, 1.82) is 0 Å². The maximum Gasteiger partial charge on any atom is 0.408 e. The number of ether oxygens (including phenoxy) is 1. The average molecular weight is 217 g/mol. The van der Waals surface area contributed by atoms with Crippen molar-refractivity contribution >= 4 is 11.9 Å². The van der Waals surface area contributed by atoms with Crippen molar-refractivity contribution in [3.05, 3.63) is 0 Å². The van der Waals surface area contributed by atoms with Crippen molar-refractivity contribution in [1.82, 2.24) is 5.32 Å². The minimum Gasteiger partial charge on any atom is -0.447 e. The molecule has 0 aromatic carbocycles. The molecular formula is C9H19N3O3. The number of carbonyl (C=O) groups is 1. The van der Waals surface area contributed by atoms with Gasteiger partial charge in [-0.05, 0) is 27.2 Å². The second-order valence-electron chi connectivity index (χ2n) is 3.75. The number of amides is 1. The summed E-state index contributed by atoms with van der Waals surface area (Å²) < 4.78 is 4.90. The summed E-state index contributed by atoms with van der Waals surface area (Å²) in [5.41, 5.74) is 4.58. The second-order valence-corrected chi connectivity index (χ2v) is 3.75. The number of hydrogen-bond donors (Lipinski definition) is 3. The minimum absolute atomic E-state index is 0.0503. The average Bonchev–Trinajstić information content (AvgIpc) is 2.14. The quantitative estimate of drug-likeness (QED) is 0.283. The van der Waals surface area contributed by atoms with Gasteiger partial charge in [-0.1, -0.05) is 12.1 Å². The first-order chi connectivity index (χ1) is 6.85. The van der Waals surface area contributed by atoms with Gasteiger partial charge in [0, 0.05) is 0 Å². The van der Waals surface area contributed by atoms with E-state index in [2.05, 4.69) is 10.5 Å². The van der Waals surface area contributed by atoms with Crippen molar-refractivity contribution in [2.24, 2.45) is 10.9 Å². The number of alkyl carbamates (subject to hydrolysis) is 1. The number of rotatable bonds is 4. The van der Waals surface area contributed by atoms with Crippen LogP contribution in [0.3, 0.4) is 0 Å². The number of nitrogens with zero attached hydrogens (tertiary/aromatic N) is 1. The summed E-state index contributed by atoms with van der Waals surface area (Å²) in [4.78, 5) is 11.3. The van der Waals surface area contributed by atoms with Crippen molar-refractivity contribution in [2.45, 2.75) is 45.8 Å². The van der Waals surface area contributed by atoms with Crippen molar-refractivity contribution in [2.75, 3.05) is 0 Å². The number of hydrogen-bond acceptors (Lipinski definition) is 4. The molecule has 0 spiro atoms. The van der Waals surface area contributed by atoms with E-state index in [0.717, 1.165) is 0 Å². The van der Waals surface area contributed by atoms with Crippen LogP contribution < -0.4 is 11.1 Å². The van der Waals surface area contributed by atoms with Crippen LogP contribution in [0.5, 0.6) is 0 Å². The van der Waals surface area contributed by atoms with Crippen LogP contribution in [0.4, 0.5) is 4.79 Å². The summed E-state index contributed by atoms with van der Waals surface area (Å²) in [7, 11) is 0. The summed E-state index contributed by atoms with van der Waals surface area (Å²) >= 11 is 0. The van der Waals surface area contributed by atoms with Gasteiger partial charge in [-0.25, -0.2) is 4.79 Å². The fraction of sp³-hybridized carbons (Fsp3) is 0.778. The van der Waals surface area contributed by atoms with E-state index in [9.17, 15) is 4.79 Å². The van der Waals surface area contributed by atoms with E-state index in [1.807, 2.05) is 6.92 Å². The van der Waals surface area contributed by atoms with Crippen LogP contribution in [0.15, 0.2) is 5.16 Å². The molecule has 0 heterocycles. The molecule has 0 bridgehead atoms. The highest BCUT2D eigenvalue weighted by molar-refractivity contribution is 5.92. The van der Waals surface area contributed by atoms with E-state index < -0.39 is 11.6 Å². The van der Waals surface area contributed by atoms with Crippen LogP contribution in [-0.4, -0.2) is 28.8 Å². The molecule has 0 radical (unpaired) electrons. The Bertz CT molecular complexity index is 253. The molecular weight excluding hydrogens is 198 g/mol. The molecule has 0 saturated carbocycles. The topological polar surface area (TPSA) is 96.9 Å². The minimum atomic E-state index is -0.888. The lowest BCUT2D eigenvalue weighted by atomic mass is 9.98. The first kappa shape index (κ1) is 13.5. The normalized spacial score (nSPS) is 15.9. The molecule has 1 unspecified atom stereocenters. The van der Waals surface area contributed by atoms with E-state index in [-0.39, 0.29) is 11.9 Å². The van der Waals surface area contributed by atoms with Crippen LogP contribution in [0.1, 0.15) is 34.1 Å². The Morgan fingerprint density at radius 2 is 2.20 bits per heavy atom. The molecule has 6 nitrogen and oxygen atoms in total. The molecule has 4 N–H and O–H groups in total. The van der Waals surface area contributed by atoms with Gasteiger partial charge >= 0.3 is 6.09 Å². The van der Waals surface area contributed by atoms with Gasteiger partial charge < -0.3 is 21.0 Å². The van der Waals surface area contributed by atoms with Gasteiger partial charge in [0.15, 0.2) is 5.84 Å². The molecule has 0 aromatic heterocycles. The van der Waals surface area contributed by atoms with Crippen molar-refractivity contribution in [3.8, 4) is 0 Å². The third kappa shape index (κ3) is 4.05. The monoisotopic (exact) mass is 217 g/mol. The number of nitrogens with one attached hydrogen (secondary N) is 1. The number of carbonyl (C=O) groups excluding carboxylic acids is 1. The third-order valence-corrected chi connectivity index (χ3v) is 2.10. The number of oxime groups is 1. The van der Waals surface area contributed by atoms with Crippen LogP contribution in [-0.2, 0) is 4.74 Å².